The van der Waals surface area contributed by atoms with Gasteiger partial charge in [-0.3, -0.25) is 4.79 Å². The van der Waals surface area contributed by atoms with E-state index in [2.05, 4.69) is 36.4 Å². The van der Waals surface area contributed by atoms with Gasteiger partial charge in [0.25, 0.3) is 0 Å². The molecule has 0 aromatic carbocycles. The zero-order valence-electron chi connectivity index (χ0n) is 12.3. The number of carbonyl (C=O) groups is 1. The molecule has 0 fully saturated rings. The van der Waals surface area contributed by atoms with Gasteiger partial charge >= 0.3 is 0 Å². The molecule has 0 saturated heterocycles. The lowest BCUT2D eigenvalue weighted by Crippen LogP contribution is -2.24. The highest BCUT2D eigenvalue weighted by molar-refractivity contribution is 5.81. The van der Waals surface area contributed by atoms with Gasteiger partial charge in [-0.2, -0.15) is 0 Å². The van der Waals surface area contributed by atoms with Crippen molar-refractivity contribution in [1.29, 1.82) is 0 Å². The van der Waals surface area contributed by atoms with E-state index in [-0.39, 0.29) is 11.8 Å². The van der Waals surface area contributed by atoms with Crippen LogP contribution in [0.5, 0.6) is 0 Å². The van der Waals surface area contributed by atoms with Crippen LogP contribution < -0.4 is 11.1 Å². The molecule has 20 heavy (non-hydrogen) atoms. The van der Waals surface area contributed by atoms with Gasteiger partial charge in [0, 0.05) is 36.9 Å². The molecule has 2 rings (SSSR count). The Bertz CT molecular complexity index is 603. The van der Waals surface area contributed by atoms with Crippen molar-refractivity contribution in [3.63, 3.8) is 0 Å². The highest BCUT2D eigenvalue weighted by atomic mass is 16.1. The first-order valence-corrected chi connectivity index (χ1v) is 6.94. The van der Waals surface area contributed by atoms with Crippen molar-refractivity contribution in [2.75, 3.05) is 0 Å². The maximum atomic E-state index is 11.2. The minimum Gasteiger partial charge on any atom is -0.369 e. The van der Waals surface area contributed by atoms with Crippen molar-refractivity contribution in [1.82, 2.24) is 14.9 Å². The molecule has 0 bridgehead atoms. The van der Waals surface area contributed by atoms with Crippen LogP contribution in [-0.4, -0.2) is 21.5 Å². The summed E-state index contributed by atoms with van der Waals surface area (Å²) in [7, 11) is 0. The minimum absolute atomic E-state index is 0.210. The first-order chi connectivity index (χ1) is 9.49. The fourth-order valence-corrected chi connectivity index (χ4v) is 2.17. The number of aromatic nitrogens is 2. The summed E-state index contributed by atoms with van der Waals surface area (Å²) in [5.74, 6) is -0.497. The molecular weight excluding hydrogens is 252 g/mol. The first-order valence-electron chi connectivity index (χ1n) is 6.94. The third-order valence-electron chi connectivity index (χ3n) is 3.37. The lowest BCUT2D eigenvalue weighted by molar-refractivity contribution is -0.121. The molecule has 0 aliphatic heterocycles. The third kappa shape index (κ3) is 3.17. The van der Waals surface area contributed by atoms with Crippen LogP contribution in [-0.2, 0) is 17.9 Å². The summed E-state index contributed by atoms with van der Waals surface area (Å²) in [6, 6.07) is 4.42. The monoisotopic (exact) mass is 274 g/mol. The van der Waals surface area contributed by atoms with Crippen molar-refractivity contribution < 1.29 is 4.79 Å². The fraction of sp³-hybridized carbons (Fsp3) is 0.467. The molecule has 2 aromatic rings. The lowest BCUT2D eigenvalue weighted by Gasteiger charge is -2.09. The molecule has 0 spiro atoms. The maximum Gasteiger partial charge on any atom is 0.222 e. The van der Waals surface area contributed by atoms with E-state index in [9.17, 15) is 4.79 Å². The Morgan fingerprint density at radius 3 is 2.85 bits per heavy atom. The Labute approximate surface area is 119 Å². The molecule has 0 saturated carbocycles. The van der Waals surface area contributed by atoms with Crippen LogP contribution in [0, 0.1) is 5.92 Å². The van der Waals surface area contributed by atoms with E-state index in [1.807, 2.05) is 17.6 Å². The number of primary amides is 1. The van der Waals surface area contributed by atoms with Crippen molar-refractivity contribution >= 4 is 16.9 Å². The molecule has 5 nitrogen and oxygen atoms in total. The Balaban J connectivity index is 2.32. The van der Waals surface area contributed by atoms with Crippen molar-refractivity contribution in [3.8, 4) is 0 Å². The summed E-state index contributed by atoms with van der Waals surface area (Å²) < 4.78 is 2.02. The average Bonchev–Trinajstić information content (AvgIpc) is 2.75. The summed E-state index contributed by atoms with van der Waals surface area (Å²) in [5, 5.41) is 4.53. The highest BCUT2D eigenvalue weighted by Gasteiger charge is 2.14. The summed E-state index contributed by atoms with van der Waals surface area (Å²) in [5.41, 5.74) is 7.44. The number of nitrogens with one attached hydrogen (secondary N) is 1. The van der Waals surface area contributed by atoms with E-state index in [0.717, 1.165) is 17.6 Å². The number of nitrogens with two attached hydrogens (primary N) is 1. The second-order valence-corrected chi connectivity index (χ2v) is 5.52. The largest absolute Gasteiger partial charge is 0.369 e. The Morgan fingerprint density at radius 2 is 2.20 bits per heavy atom. The standard InChI is InChI=1S/C15H22N4O/c1-10(2)18-7-12-9-19(8-11(3)14(16)20)15-13(12)5-4-6-17-15/h4-6,9-11,18H,7-8H2,1-3H3,(H2,16,20). The van der Waals surface area contributed by atoms with Gasteiger partial charge in [-0.15, -0.1) is 0 Å². The van der Waals surface area contributed by atoms with E-state index < -0.39 is 0 Å². The zero-order valence-corrected chi connectivity index (χ0v) is 12.3. The van der Waals surface area contributed by atoms with Crippen LogP contribution in [0.4, 0.5) is 0 Å². The smallest absolute Gasteiger partial charge is 0.222 e. The molecule has 0 aliphatic carbocycles. The molecule has 3 N–H and O–H groups in total. The Hall–Kier alpha value is -1.88. The van der Waals surface area contributed by atoms with Crippen molar-refractivity contribution in [3.05, 3.63) is 30.1 Å². The second-order valence-electron chi connectivity index (χ2n) is 5.52. The van der Waals surface area contributed by atoms with E-state index in [1.165, 1.54) is 5.56 Å². The Kier molecular flexibility index (Phi) is 4.39. The lowest BCUT2D eigenvalue weighted by atomic mass is 10.2. The van der Waals surface area contributed by atoms with E-state index >= 15 is 0 Å². The Morgan fingerprint density at radius 1 is 1.45 bits per heavy atom. The minimum atomic E-state index is -0.287. The van der Waals surface area contributed by atoms with Gasteiger partial charge in [-0.1, -0.05) is 20.8 Å². The number of nitrogens with zero attached hydrogens (tertiary/aromatic N) is 2. The van der Waals surface area contributed by atoms with Gasteiger partial charge < -0.3 is 15.6 Å². The summed E-state index contributed by atoms with van der Waals surface area (Å²) in [6.45, 7) is 7.42. The van der Waals surface area contributed by atoms with E-state index in [0.29, 0.717) is 12.6 Å². The van der Waals surface area contributed by atoms with Crippen molar-refractivity contribution in [2.24, 2.45) is 11.7 Å². The number of carbonyl (C=O) groups excluding carboxylic acids is 1. The number of hydrogen-bond donors (Lipinski definition) is 2. The highest BCUT2D eigenvalue weighted by Crippen LogP contribution is 2.20. The summed E-state index contributed by atoms with van der Waals surface area (Å²) >= 11 is 0. The van der Waals surface area contributed by atoms with E-state index in [4.69, 9.17) is 5.73 Å². The number of amides is 1. The van der Waals surface area contributed by atoms with Crippen LogP contribution in [0.25, 0.3) is 11.0 Å². The molecule has 2 heterocycles. The molecule has 0 aliphatic rings. The average molecular weight is 274 g/mol. The molecule has 108 valence electrons. The van der Waals surface area contributed by atoms with Crippen LogP contribution >= 0.6 is 0 Å². The van der Waals surface area contributed by atoms with E-state index in [1.54, 1.807) is 6.20 Å². The van der Waals surface area contributed by atoms with Crippen LogP contribution in [0.1, 0.15) is 26.3 Å². The molecule has 0 radical (unpaired) electrons. The quantitative estimate of drug-likeness (QED) is 0.841. The molecule has 2 aromatic heterocycles. The summed E-state index contributed by atoms with van der Waals surface area (Å²) in [6.07, 6.45) is 3.83. The number of pyridine rings is 1. The van der Waals surface area contributed by atoms with Gasteiger partial charge in [0.2, 0.25) is 5.91 Å². The van der Waals surface area contributed by atoms with Crippen LogP contribution in [0.15, 0.2) is 24.5 Å². The molecular formula is C15H22N4O. The molecule has 1 atom stereocenters. The predicted octanol–water partition coefficient (Wildman–Crippen LogP) is 1.66. The zero-order chi connectivity index (χ0) is 14.7. The summed E-state index contributed by atoms with van der Waals surface area (Å²) in [4.78, 5) is 15.7. The predicted molar refractivity (Wildman–Crippen MR) is 80.1 cm³/mol. The molecule has 1 amide bonds. The fourth-order valence-electron chi connectivity index (χ4n) is 2.17. The SMILES string of the molecule is CC(C)NCc1cn(CC(C)C(N)=O)c2ncccc12. The molecule has 5 heteroatoms. The molecule has 1 unspecified atom stereocenters. The maximum absolute atomic E-state index is 11.2. The number of fused-ring (bicyclic) bond motifs is 1. The number of hydrogen-bond acceptors (Lipinski definition) is 3. The van der Waals surface area contributed by atoms with Gasteiger partial charge in [-0.25, -0.2) is 4.98 Å². The van der Waals surface area contributed by atoms with Gasteiger partial charge in [0.15, 0.2) is 0 Å². The van der Waals surface area contributed by atoms with Crippen molar-refractivity contribution in [2.45, 2.75) is 39.9 Å². The normalized spacial score (nSPS) is 13.0. The first kappa shape index (κ1) is 14.5. The second kappa shape index (κ2) is 6.05. The topological polar surface area (TPSA) is 72.9 Å². The van der Waals surface area contributed by atoms with Gasteiger partial charge in [0.1, 0.15) is 5.65 Å². The van der Waals surface area contributed by atoms with Gasteiger partial charge in [0.05, 0.1) is 5.92 Å². The number of rotatable bonds is 6. The van der Waals surface area contributed by atoms with Crippen LogP contribution in [0.3, 0.4) is 0 Å². The third-order valence-corrected chi connectivity index (χ3v) is 3.37. The van der Waals surface area contributed by atoms with Gasteiger partial charge in [-0.05, 0) is 17.7 Å². The van der Waals surface area contributed by atoms with Crippen LogP contribution in [0.2, 0.25) is 0 Å².